The van der Waals surface area contributed by atoms with Crippen molar-refractivity contribution in [2.45, 2.75) is 13.5 Å². The van der Waals surface area contributed by atoms with Crippen molar-refractivity contribution in [1.82, 2.24) is 5.16 Å². The second-order valence-electron chi connectivity index (χ2n) is 6.83. The number of nitrogens with zero attached hydrogens (tertiary/aromatic N) is 3. The molecular weight excluding hydrogens is 350 g/mol. The van der Waals surface area contributed by atoms with Gasteiger partial charge in [0.2, 0.25) is 0 Å². The summed E-state index contributed by atoms with van der Waals surface area (Å²) >= 11 is 0. The van der Waals surface area contributed by atoms with E-state index in [1.54, 1.807) is 0 Å². The van der Waals surface area contributed by atoms with Crippen molar-refractivity contribution in [3.63, 3.8) is 0 Å². The Hall–Kier alpha value is -3.34. The molecule has 0 aliphatic carbocycles. The molecule has 142 valence electrons. The molecular formula is C23H23N3O2. The molecule has 0 amide bonds. The summed E-state index contributed by atoms with van der Waals surface area (Å²) in [4.78, 5) is 7.02. The summed E-state index contributed by atoms with van der Waals surface area (Å²) < 4.78 is 10.9. The number of allylic oxidation sites excluding steroid dienone is 1. The van der Waals surface area contributed by atoms with Crippen LogP contribution in [-0.2, 0) is 6.61 Å². The molecule has 2 aromatic carbocycles. The highest BCUT2D eigenvalue weighted by Gasteiger charge is 2.13. The lowest BCUT2D eigenvalue weighted by Crippen LogP contribution is -2.20. The Kier molecular flexibility index (Phi) is 5.24. The monoisotopic (exact) mass is 373 g/mol. The van der Waals surface area contributed by atoms with E-state index in [4.69, 9.17) is 14.3 Å². The maximum Gasteiger partial charge on any atom is 0.134 e. The minimum Gasteiger partial charge on any atom is -0.487 e. The molecule has 0 fully saturated rings. The van der Waals surface area contributed by atoms with Crippen LogP contribution in [0.2, 0.25) is 0 Å². The molecule has 0 bridgehead atoms. The largest absolute Gasteiger partial charge is 0.487 e. The number of rotatable bonds is 5. The van der Waals surface area contributed by atoms with E-state index in [9.17, 15) is 0 Å². The van der Waals surface area contributed by atoms with Crippen LogP contribution in [-0.4, -0.2) is 31.0 Å². The number of hydrogen-bond acceptors (Lipinski definition) is 5. The first kappa shape index (κ1) is 18.0. The number of ether oxygens (including phenoxy) is 1. The van der Waals surface area contributed by atoms with Crippen LogP contribution in [0.1, 0.15) is 22.6 Å². The first-order valence-corrected chi connectivity index (χ1v) is 9.37. The van der Waals surface area contributed by atoms with E-state index in [2.05, 4.69) is 59.6 Å². The van der Waals surface area contributed by atoms with Crippen LogP contribution in [0.4, 0.5) is 5.69 Å². The van der Waals surface area contributed by atoms with Crippen molar-refractivity contribution in [2.24, 2.45) is 4.99 Å². The third kappa shape index (κ3) is 4.14. The molecule has 2 heterocycles. The third-order valence-electron chi connectivity index (χ3n) is 4.66. The molecule has 0 unspecified atom stereocenters. The van der Waals surface area contributed by atoms with Crippen LogP contribution < -0.4 is 9.64 Å². The van der Waals surface area contributed by atoms with Crippen LogP contribution in [0, 0.1) is 6.92 Å². The number of para-hydroxylation sites is 1. The Bertz CT molecular complexity index is 1020. The molecule has 0 spiro atoms. The van der Waals surface area contributed by atoms with Crippen LogP contribution in [0.25, 0.3) is 6.08 Å². The van der Waals surface area contributed by atoms with Crippen molar-refractivity contribution >= 4 is 17.5 Å². The van der Waals surface area contributed by atoms with Crippen molar-refractivity contribution in [3.8, 4) is 5.75 Å². The van der Waals surface area contributed by atoms with Gasteiger partial charge in [-0.3, -0.25) is 4.99 Å². The Labute approximate surface area is 165 Å². The zero-order valence-electron chi connectivity index (χ0n) is 16.1. The maximum absolute atomic E-state index is 5.83. The Morgan fingerprint density at radius 1 is 1.11 bits per heavy atom. The quantitative estimate of drug-likeness (QED) is 0.660. The fraction of sp³-hybridized carbons (Fsp3) is 0.217. The van der Waals surface area contributed by atoms with Gasteiger partial charge in [0.15, 0.2) is 0 Å². The Balaban J connectivity index is 1.50. The van der Waals surface area contributed by atoms with Gasteiger partial charge in [-0.1, -0.05) is 41.6 Å². The summed E-state index contributed by atoms with van der Waals surface area (Å²) in [5, 5.41) is 3.95. The molecule has 3 aromatic rings. The number of fused-ring (bicyclic) bond motifs is 1. The highest BCUT2D eigenvalue weighted by atomic mass is 16.5. The molecule has 4 rings (SSSR count). The standard InChI is InChI=1S/C23H23N3O2/c1-17-14-19(25-28-17)16-27-20-7-5-6-18(15-20)10-11-22-21-8-3-4-9-23(21)26(2)13-12-24-22/h3-11,14-15H,12-13,16H2,1-2H3. The van der Waals surface area contributed by atoms with Gasteiger partial charge in [0.05, 0.1) is 12.3 Å². The summed E-state index contributed by atoms with van der Waals surface area (Å²) in [7, 11) is 2.11. The van der Waals surface area contributed by atoms with Gasteiger partial charge in [-0.15, -0.1) is 0 Å². The lowest BCUT2D eigenvalue weighted by molar-refractivity contribution is 0.288. The molecule has 1 aliphatic heterocycles. The van der Waals surface area contributed by atoms with Gasteiger partial charge in [-0.25, -0.2) is 0 Å². The Morgan fingerprint density at radius 3 is 2.86 bits per heavy atom. The molecule has 0 saturated heterocycles. The van der Waals surface area contributed by atoms with Crippen molar-refractivity contribution in [1.29, 1.82) is 0 Å². The van der Waals surface area contributed by atoms with Gasteiger partial charge < -0.3 is 14.2 Å². The minimum atomic E-state index is 0.386. The van der Waals surface area contributed by atoms with Gasteiger partial charge in [0, 0.05) is 30.9 Å². The maximum atomic E-state index is 5.83. The number of aromatic nitrogens is 1. The average Bonchev–Trinajstić information content (AvgIpc) is 3.07. The second kappa shape index (κ2) is 8.13. The van der Waals surface area contributed by atoms with E-state index in [0.717, 1.165) is 47.1 Å². The molecule has 5 nitrogen and oxygen atoms in total. The summed E-state index contributed by atoms with van der Waals surface area (Å²) in [5.74, 6) is 1.58. The zero-order valence-corrected chi connectivity index (χ0v) is 16.1. The van der Waals surface area contributed by atoms with Gasteiger partial charge in [0.25, 0.3) is 0 Å². The second-order valence-corrected chi connectivity index (χ2v) is 6.83. The minimum absolute atomic E-state index is 0.386. The average molecular weight is 373 g/mol. The van der Waals surface area contributed by atoms with Crippen molar-refractivity contribution < 1.29 is 9.26 Å². The smallest absolute Gasteiger partial charge is 0.134 e. The number of aryl methyl sites for hydroxylation is 1. The number of likely N-dealkylation sites (N-methyl/N-ethyl adjacent to an activating group) is 1. The first-order valence-electron chi connectivity index (χ1n) is 9.37. The number of benzodiazepines with no additional fused rings is 1. The normalized spacial score (nSPS) is 13.9. The lowest BCUT2D eigenvalue weighted by Gasteiger charge is -2.18. The summed E-state index contributed by atoms with van der Waals surface area (Å²) in [5.41, 5.74) is 5.22. The van der Waals surface area contributed by atoms with Gasteiger partial charge in [-0.2, -0.15) is 0 Å². The first-order chi connectivity index (χ1) is 13.7. The van der Waals surface area contributed by atoms with Crippen LogP contribution in [0.3, 0.4) is 0 Å². The summed E-state index contributed by atoms with van der Waals surface area (Å²) in [6.07, 6.45) is 4.16. The highest BCUT2D eigenvalue weighted by molar-refractivity contribution is 6.14. The topological polar surface area (TPSA) is 50.9 Å². The predicted molar refractivity (Wildman–Crippen MR) is 112 cm³/mol. The molecule has 0 atom stereocenters. The fourth-order valence-electron chi connectivity index (χ4n) is 3.22. The molecule has 0 saturated carbocycles. The van der Waals surface area contributed by atoms with E-state index in [1.807, 2.05) is 31.2 Å². The number of hydrogen-bond donors (Lipinski definition) is 0. The molecule has 5 heteroatoms. The van der Waals surface area contributed by atoms with Gasteiger partial charge in [-0.05, 0) is 36.8 Å². The van der Waals surface area contributed by atoms with E-state index in [0.29, 0.717) is 6.61 Å². The van der Waals surface area contributed by atoms with E-state index in [1.165, 1.54) is 5.69 Å². The van der Waals surface area contributed by atoms with E-state index >= 15 is 0 Å². The van der Waals surface area contributed by atoms with Crippen molar-refractivity contribution in [2.75, 3.05) is 25.0 Å². The fourth-order valence-corrected chi connectivity index (χ4v) is 3.22. The number of benzene rings is 2. The van der Waals surface area contributed by atoms with Crippen molar-refractivity contribution in [3.05, 3.63) is 83.3 Å². The van der Waals surface area contributed by atoms with Crippen LogP contribution >= 0.6 is 0 Å². The zero-order chi connectivity index (χ0) is 19.3. The van der Waals surface area contributed by atoms with Gasteiger partial charge >= 0.3 is 0 Å². The lowest BCUT2D eigenvalue weighted by atomic mass is 10.1. The SMILES string of the molecule is Cc1cc(COc2cccc(C=CC3=NCCN(C)c4ccccc43)c2)no1. The van der Waals surface area contributed by atoms with E-state index in [-0.39, 0.29) is 0 Å². The van der Waals surface area contributed by atoms with E-state index < -0.39 is 0 Å². The van der Waals surface area contributed by atoms with Crippen LogP contribution in [0.5, 0.6) is 5.75 Å². The summed E-state index contributed by atoms with van der Waals surface area (Å²) in [6, 6.07) is 18.3. The number of aliphatic imine (C=N–C) groups is 1. The molecule has 1 aromatic heterocycles. The Morgan fingerprint density at radius 2 is 2.00 bits per heavy atom. The van der Waals surface area contributed by atoms with Gasteiger partial charge in [0.1, 0.15) is 23.8 Å². The third-order valence-corrected chi connectivity index (χ3v) is 4.66. The highest BCUT2D eigenvalue weighted by Crippen LogP contribution is 2.23. The molecule has 0 N–H and O–H groups in total. The molecule has 1 aliphatic rings. The predicted octanol–water partition coefficient (Wildman–Crippen LogP) is 4.51. The summed E-state index contributed by atoms with van der Waals surface area (Å²) in [6.45, 7) is 3.95. The molecule has 0 radical (unpaired) electrons. The molecule has 28 heavy (non-hydrogen) atoms. The van der Waals surface area contributed by atoms with Crippen LogP contribution in [0.15, 0.2) is 70.2 Å². The number of anilines is 1.